The van der Waals surface area contributed by atoms with Gasteiger partial charge in [-0.2, -0.15) is 0 Å². The van der Waals surface area contributed by atoms with Crippen molar-refractivity contribution in [3.8, 4) is 17.3 Å². The smallest absolute Gasteiger partial charge is 0.227 e. The first-order chi connectivity index (χ1) is 13.3. The van der Waals surface area contributed by atoms with Crippen molar-refractivity contribution in [3.05, 3.63) is 60.3 Å². The van der Waals surface area contributed by atoms with Crippen molar-refractivity contribution < 1.29 is 9.53 Å². The summed E-state index contributed by atoms with van der Waals surface area (Å²) in [4.78, 5) is 31.4. The highest BCUT2D eigenvalue weighted by molar-refractivity contribution is 5.80. The molecule has 0 unspecified atom stereocenters. The molecule has 2 aromatic heterocycles. The number of methoxy groups -OCH3 is 1. The molecule has 1 atom stereocenters. The molecule has 4 rings (SSSR count). The number of amides is 1. The van der Waals surface area contributed by atoms with E-state index in [4.69, 9.17) is 4.74 Å². The molecule has 1 N–H and O–H groups in total. The molecule has 27 heavy (non-hydrogen) atoms. The quantitative estimate of drug-likeness (QED) is 0.753. The van der Waals surface area contributed by atoms with Gasteiger partial charge in [0.2, 0.25) is 5.91 Å². The van der Waals surface area contributed by atoms with Crippen LogP contribution in [-0.4, -0.2) is 44.4 Å². The number of likely N-dealkylation sites (tertiary alicyclic amines) is 1. The van der Waals surface area contributed by atoms with Gasteiger partial charge in [0.1, 0.15) is 11.4 Å². The molecule has 7 heteroatoms. The third-order valence-electron chi connectivity index (χ3n) is 4.87. The van der Waals surface area contributed by atoms with Crippen LogP contribution in [0.4, 0.5) is 0 Å². The predicted octanol–water partition coefficient (Wildman–Crippen LogP) is 2.78. The highest BCUT2D eigenvalue weighted by Gasteiger charge is 2.33. The molecular formula is C20H21N5O2. The molecule has 138 valence electrons. The number of benzene rings is 1. The highest BCUT2D eigenvalue weighted by atomic mass is 16.5. The average molecular weight is 363 g/mol. The van der Waals surface area contributed by atoms with E-state index in [0.29, 0.717) is 24.5 Å². The lowest BCUT2D eigenvalue weighted by Gasteiger charge is -2.25. The largest absolute Gasteiger partial charge is 0.496 e. The van der Waals surface area contributed by atoms with Crippen molar-refractivity contribution in [2.75, 3.05) is 13.7 Å². The summed E-state index contributed by atoms with van der Waals surface area (Å²) >= 11 is 0. The lowest BCUT2D eigenvalue weighted by molar-refractivity contribution is -0.131. The van der Waals surface area contributed by atoms with Crippen molar-refractivity contribution in [2.24, 2.45) is 0 Å². The number of ether oxygens (including phenoxy) is 1. The fraction of sp³-hybridized carbons (Fsp3) is 0.300. The molecule has 3 aromatic rings. The van der Waals surface area contributed by atoms with Gasteiger partial charge in [-0.25, -0.2) is 9.97 Å². The van der Waals surface area contributed by atoms with Gasteiger partial charge in [0, 0.05) is 36.9 Å². The topological polar surface area (TPSA) is 84.0 Å². The molecule has 0 spiro atoms. The van der Waals surface area contributed by atoms with E-state index >= 15 is 0 Å². The normalized spacial score (nSPS) is 16.5. The van der Waals surface area contributed by atoms with E-state index in [1.165, 1.54) is 0 Å². The number of nitrogens with zero attached hydrogens (tertiary/aromatic N) is 4. The highest BCUT2D eigenvalue weighted by Crippen LogP contribution is 2.35. The summed E-state index contributed by atoms with van der Waals surface area (Å²) in [5.41, 5.74) is 2.38. The van der Waals surface area contributed by atoms with Gasteiger partial charge in [-0.05, 0) is 18.9 Å². The van der Waals surface area contributed by atoms with E-state index in [1.54, 1.807) is 31.9 Å². The van der Waals surface area contributed by atoms with Crippen LogP contribution in [0.1, 0.15) is 30.1 Å². The number of imidazole rings is 1. The Kier molecular flexibility index (Phi) is 4.82. The van der Waals surface area contributed by atoms with E-state index in [0.717, 1.165) is 29.8 Å². The summed E-state index contributed by atoms with van der Waals surface area (Å²) in [6.07, 6.45) is 8.87. The van der Waals surface area contributed by atoms with Crippen LogP contribution >= 0.6 is 0 Å². The van der Waals surface area contributed by atoms with E-state index in [9.17, 15) is 4.79 Å². The zero-order valence-electron chi connectivity index (χ0n) is 15.1. The zero-order chi connectivity index (χ0) is 18.6. The summed E-state index contributed by atoms with van der Waals surface area (Å²) in [7, 11) is 1.62. The van der Waals surface area contributed by atoms with Crippen molar-refractivity contribution in [1.29, 1.82) is 0 Å². The molecule has 1 saturated heterocycles. The van der Waals surface area contributed by atoms with Gasteiger partial charge in [0.25, 0.3) is 0 Å². The van der Waals surface area contributed by atoms with Gasteiger partial charge >= 0.3 is 0 Å². The van der Waals surface area contributed by atoms with E-state index in [-0.39, 0.29) is 11.9 Å². The summed E-state index contributed by atoms with van der Waals surface area (Å²) in [6.45, 7) is 0.715. The van der Waals surface area contributed by atoms with Crippen LogP contribution in [0.3, 0.4) is 0 Å². The van der Waals surface area contributed by atoms with Gasteiger partial charge in [-0.15, -0.1) is 0 Å². The number of hydrogen-bond acceptors (Lipinski definition) is 5. The number of aromatic amines is 1. The fourth-order valence-electron chi connectivity index (χ4n) is 3.63. The minimum atomic E-state index is -0.0963. The summed E-state index contributed by atoms with van der Waals surface area (Å²) in [5, 5.41) is 0. The minimum Gasteiger partial charge on any atom is -0.496 e. The van der Waals surface area contributed by atoms with Crippen molar-refractivity contribution in [3.63, 3.8) is 0 Å². The van der Waals surface area contributed by atoms with Crippen LogP contribution in [0.25, 0.3) is 11.5 Å². The summed E-state index contributed by atoms with van der Waals surface area (Å²) in [5.74, 6) is 1.47. The number of aromatic nitrogens is 4. The number of para-hydroxylation sites is 1. The average Bonchev–Trinajstić information content (AvgIpc) is 3.40. The predicted molar refractivity (Wildman–Crippen MR) is 100.0 cm³/mol. The SMILES string of the molecule is COc1ccccc1CC(=O)N1CCC[C@H]1c1nccnc1-c1ncc[nH]1. The van der Waals surface area contributed by atoms with Crippen LogP contribution < -0.4 is 4.74 Å². The number of rotatable bonds is 5. The standard InChI is InChI=1S/C20H21N5O2/c1-27-16-7-3-2-5-14(16)13-17(26)25-12-4-6-15(25)18-19(22-9-8-21-18)20-23-10-11-24-20/h2-3,5,7-11,15H,4,6,12-13H2,1H3,(H,23,24)/t15-/m0/s1. The van der Waals surface area contributed by atoms with Gasteiger partial charge in [-0.3, -0.25) is 9.78 Å². The number of hydrogen-bond donors (Lipinski definition) is 1. The Bertz CT molecular complexity index is 926. The minimum absolute atomic E-state index is 0.0676. The van der Waals surface area contributed by atoms with Crippen LogP contribution in [0.5, 0.6) is 5.75 Å². The van der Waals surface area contributed by atoms with E-state index in [1.807, 2.05) is 29.2 Å². The first kappa shape index (κ1) is 17.2. The molecule has 3 heterocycles. The molecule has 1 aliphatic heterocycles. The maximum Gasteiger partial charge on any atom is 0.227 e. The molecule has 1 amide bonds. The van der Waals surface area contributed by atoms with Gasteiger partial charge in [0.15, 0.2) is 5.82 Å². The molecule has 0 bridgehead atoms. The van der Waals surface area contributed by atoms with Crippen LogP contribution in [-0.2, 0) is 11.2 Å². The van der Waals surface area contributed by atoms with E-state index in [2.05, 4.69) is 19.9 Å². The Balaban J connectivity index is 1.61. The Morgan fingerprint density at radius 3 is 2.89 bits per heavy atom. The monoisotopic (exact) mass is 363 g/mol. The molecule has 7 nitrogen and oxygen atoms in total. The molecular weight excluding hydrogens is 342 g/mol. The molecule has 1 aromatic carbocycles. The Morgan fingerprint density at radius 1 is 1.22 bits per heavy atom. The van der Waals surface area contributed by atoms with Gasteiger partial charge < -0.3 is 14.6 Å². The fourth-order valence-corrected chi connectivity index (χ4v) is 3.63. The summed E-state index contributed by atoms with van der Waals surface area (Å²) in [6, 6.07) is 7.53. The van der Waals surface area contributed by atoms with Crippen molar-refractivity contribution in [2.45, 2.75) is 25.3 Å². The van der Waals surface area contributed by atoms with E-state index < -0.39 is 0 Å². The van der Waals surface area contributed by atoms with Crippen LogP contribution in [0.2, 0.25) is 0 Å². The number of carbonyl (C=O) groups excluding carboxylic acids is 1. The Hall–Kier alpha value is -3.22. The van der Waals surface area contributed by atoms with Crippen molar-refractivity contribution in [1.82, 2.24) is 24.8 Å². The molecule has 1 fully saturated rings. The van der Waals surface area contributed by atoms with Gasteiger partial charge in [-0.1, -0.05) is 18.2 Å². The second-order valence-electron chi connectivity index (χ2n) is 6.46. The van der Waals surface area contributed by atoms with Crippen LogP contribution in [0.15, 0.2) is 49.1 Å². The molecule has 0 saturated carbocycles. The lowest BCUT2D eigenvalue weighted by Crippen LogP contribution is -2.32. The number of H-pyrrole nitrogens is 1. The lowest BCUT2D eigenvalue weighted by atomic mass is 10.1. The third kappa shape index (κ3) is 3.40. The van der Waals surface area contributed by atoms with Crippen molar-refractivity contribution >= 4 is 5.91 Å². The second-order valence-corrected chi connectivity index (χ2v) is 6.46. The Labute approximate surface area is 157 Å². The molecule has 0 radical (unpaired) electrons. The molecule has 0 aliphatic carbocycles. The number of nitrogens with one attached hydrogen (secondary N) is 1. The number of carbonyl (C=O) groups is 1. The zero-order valence-corrected chi connectivity index (χ0v) is 15.1. The van der Waals surface area contributed by atoms with Crippen LogP contribution in [0, 0.1) is 0 Å². The Morgan fingerprint density at radius 2 is 2.07 bits per heavy atom. The van der Waals surface area contributed by atoms with Gasteiger partial charge in [0.05, 0.1) is 25.3 Å². The third-order valence-corrected chi connectivity index (χ3v) is 4.87. The summed E-state index contributed by atoms with van der Waals surface area (Å²) < 4.78 is 5.38. The maximum absolute atomic E-state index is 13.1. The molecule has 1 aliphatic rings. The first-order valence-corrected chi connectivity index (χ1v) is 9.00. The second kappa shape index (κ2) is 7.57. The first-order valence-electron chi connectivity index (χ1n) is 9.00. The maximum atomic E-state index is 13.1.